The van der Waals surface area contributed by atoms with Gasteiger partial charge in [-0.2, -0.15) is 0 Å². The molecule has 2 rings (SSSR count). The Bertz CT molecular complexity index is 476. The molecule has 1 aromatic carbocycles. The first-order valence-electron chi connectivity index (χ1n) is 6.67. The highest BCUT2D eigenvalue weighted by atomic mass is 35.5. The van der Waals surface area contributed by atoms with Crippen LogP contribution in [0.4, 0.5) is 4.79 Å². The van der Waals surface area contributed by atoms with Crippen molar-refractivity contribution in [2.75, 3.05) is 13.2 Å². The average Bonchev–Trinajstić information content (AvgIpc) is 2.89. The molecule has 6 heteroatoms. The van der Waals surface area contributed by atoms with Crippen LogP contribution in [-0.4, -0.2) is 25.3 Å². The molecule has 1 aliphatic heterocycles. The molecular weight excluding hydrogens is 299 g/mol. The Morgan fingerprint density at radius 1 is 1.50 bits per heavy atom. The summed E-state index contributed by atoms with van der Waals surface area (Å²) in [5, 5.41) is 6.78. The van der Waals surface area contributed by atoms with Gasteiger partial charge in [-0.15, -0.1) is 0 Å². The maximum absolute atomic E-state index is 11.8. The molecule has 1 heterocycles. The van der Waals surface area contributed by atoms with Crippen LogP contribution in [0.3, 0.4) is 0 Å². The second-order valence-electron chi connectivity index (χ2n) is 4.88. The number of nitrogens with one attached hydrogen (secondary N) is 2. The molecule has 110 valence electrons. The fourth-order valence-electron chi connectivity index (χ4n) is 2.19. The highest BCUT2D eigenvalue weighted by Gasteiger charge is 2.17. The summed E-state index contributed by atoms with van der Waals surface area (Å²) in [5.41, 5.74) is 0.836. The van der Waals surface area contributed by atoms with Crippen LogP contribution < -0.4 is 10.6 Å². The number of amides is 2. The van der Waals surface area contributed by atoms with E-state index >= 15 is 0 Å². The van der Waals surface area contributed by atoms with Gasteiger partial charge >= 0.3 is 6.03 Å². The minimum atomic E-state index is -0.223. The second-order valence-corrected chi connectivity index (χ2v) is 5.72. The van der Waals surface area contributed by atoms with Crippen molar-refractivity contribution >= 4 is 29.2 Å². The van der Waals surface area contributed by atoms with Crippen LogP contribution in [0.5, 0.6) is 0 Å². The van der Waals surface area contributed by atoms with Crippen molar-refractivity contribution in [3.8, 4) is 0 Å². The standard InChI is InChI=1S/C14H18Cl2N2O2/c1-9(12-5-4-10(15)7-13(12)16)18-14(19)17-8-11-3-2-6-20-11/h4-5,7,9,11H,2-3,6,8H2,1H3,(H2,17,18,19)/t9-,11+/m1/s1. The monoisotopic (exact) mass is 316 g/mol. The lowest BCUT2D eigenvalue weighted by molar-refractivity contribution is 0.111. The van der Waals surface area contributed by atoms with Crippen LogP contribution in [0.2, 0.25) is 10.0 Å². The molecule has 0 aromatic heterocycles. The quantitative estimate of drug-likeness (QED) is 0.892. The minimum absolute atomic E-state index is 0.134. The zero-order chi connectivity index (χ0) is 14.5. The van der Waals surface area contributed by atoms with Gasteiger partial charge in [-0.25, -0.2) is 4.79 Å². The third-order valence-electron chi connectivity index (χ3n) is 3.29. The number of rotatable bonds is 4. The zero-order valence-electron chi connectivity index (χ0n) is 11.3. The smallest absolute Gasteiger partial charge is 0.315 e. The molecule has 2 N–H and O–H groups in total. The van der Waals surface area contributed by atoms with Crippen molar-refractivity contribution in [2.24, 2.45) is 0 Å². The number of halogens is 2. The van der Waals surface area contributed by atoms with Gasteiger partial charge in [0.05, 0.1) is 12.1 Å². The Kier molecular flexibility index (Phi) is 5.52. The Morgan fingerprint density at radius 2 is 2.30 bits per heavy atom. The van der Waals surface area contributed by atoms with Crippen LogP contribution in [-0.2, 0) is 4.74 Å². The molecule has 1 aromatic rings. The summed E-state index contributed by atoms with van der Waals surface area (Å²) in [7, 11) is 0. The van der Waals surface area contributed by atoms with E-state index in [0.29, 0.717) is 16.6 Å². The van der Waals surface area contributed by atoms with Crippen LogP contribution in [0.15, 0.2) is 18.2 Å². The molecule has 4 nitrogen and oxygen atoms in total. The summed E-state index contributed by atoms with van der Waals surface area (Å²) in [6.07, 6.45) is 2.19. The zero-order valence-corrected chi connectivity index (χ0v) is 12.8. The topological polar surface area (TPSA) is 50.4 Å². The van der Waals surface area contributed by atoms with Gasteiger partial charge in [0.15, 0.2) is 0 Å². The van der Waals surface area contributed by atoms with Crippen LogP contribution >= 0.6 is 23.2 Å². The molecule has 0 saturated carbocycles. The molecule has 2 atom stereocenters. The van der Waals surface area contributed by atoms with Gasteiger partial charge in [0, 0.05) is 23.2 Å². The van der Waals surface area contributed by atoms with Crippen molar-refractivity contribution in [3.05, 3.63) is 33.8 Å². The van der Waals surface area contributed by atoms with Gasteiger partial charge in [-0.1, -0.05) is 29.3 Å². The first kappa shape index (κ1) is 15.4. The van der Waals surface area contributed by atoms with Gasteiger partial charge in [0.25, 0.3) is 0 Å². The lowest BCUT2D eigenvalue weighted by Gasteiger charge is -2.17. The van der Waals surface area contributed by atoms with Crippen molar-refractivity contribution in [3.63, 3.8) is 0 Å². The summed E-state index contributed by atoms with van der Waals surface area (Å²) in [5.74, 6) is 0. The Balaban J connectivity index is 1.83. The summed E-state index contributed by atoms with van der Waals surface area (Å²) >= 11 is 12.0. The van der Waals surface area contributed by atoms with E-state index in [1.165, 1.54) is 0 Å². The molecule has 0 bridgehead atoms. The van der Waals surface area contributed by atoms with Gasteiger partial charge < -0.3 is 15.4 Å². The SMILES string of the molecule is C[C@@H](NC(=O)NC[C@@H]1CCCO1)c1ccc(Cl)cc1Cl. The molecular formula is C14H18Cl2N2O2. The van der Waals surface area contributed by atoms with Crippen molar-refractivity contribution in [1.82, 2.24) is 10.6 Å². The normalized spacial score (nSPS) is 19.6. The average molecular weight is 317 g/mol. The number of ether oxygens (including phenoxy) is 1. The molecule has 1 fully saturated rings. The first-order chi connectivity index (χ1) is 9.56. The number of carbonyl (C=O) groups excluding carboxylic acids is 1. The fraction of sp³-hybridized carbons (Fsp3) is 0.500. The number of hydrogen-bond donors (Lipinski definition) is 2. The molecule has 0 unspecified atom stereocenters. The van der Waals surface area contributed by atoms with Crippen molar-refractivity contribution in [1.29, 1.82) is 0 Å². The van der Waals surface area contributed by atoms with Gasteiger partial charge in [0.1, 0.15) is 0 Å². The van der Waals surface area contributed by atoms with Crippen LogP contribution in [0.25, 0.3) is 0 Å². The summed E-state index contributed by atoms with van der Waals surface area (Å²) in [6.45, 7) is 3.19. The van der Waals surface area contributed by atoms with E-state index in [9.17, 15) is 4.79 Å². The Morgan fingerprint density at radius 3 is 2.95 bits per heavy atom. The predicted octanol–water partition coefficient (Wildman–Crippen LogP) is 3.53. The lowest BCUT2D eigenvalue weighted by atomic mass is 10.1. The predicted molar refractivity (Wildman–Crippen MR) is 80.4 cm³/mol. The van der Waals surface area contributed by atoms with Crippen LogP contribution in [0, 0.1) is 0 Å². The molecule has 0 radical (unpaired) electrons. The summed E-state index contributed by atoms with van der Waals surface area (Å²) in [6, 6.07) is 4.82. The molecule has 20 heavy (non-hydrogen) atoms. The molecule has 0 spiro atoms. The van der Waals surface area contributed by atoms with Gasteiger partial charge in [-0.05, 0) is 37.5 Å². The number of urea groups is 1. The number of hydrogen-bond acceptors (Lipinski definition) is 2. The Labute approximate surface area is 128 Å². The number of carbonyl (C=O) groups is 1. The Hall–Kier alpha value is -0.970. The van der Waals surface area contributed by atoms with E-state index in [4.69, 9.17) is 27.9 Å². The highest BCUT2D eigenvalue weighted by molar-refractivity contribution is 6.35. The van der Waals surface area contributed by atoms with E-state index < -0.39 is 0 Å². The van der Waals surface area contributed by atoms with E-state index in [-0.39, 0.29) is 18.2 Å². The van der Waals surface area contributed by atoms with Gasteiger partial charge in [0.2, 0.25) is 0 Å². The van der Waals surface area contributed by atoms with E-state index in [1.54, 1.807) is 12.1 Å². The fourth-order valence-corrected chi connectivity index (χ4v) is 2.76. The van der Waals surface area contributed by atoms with Gasteiger partial charge in [-0.3, -0.25) is 0 Å². The summed E-state index contributed by atoms with van der Waals surface area (Å²) in [4.78, 5) is 11.8. The van der Waals surface area contributed by atoms with Crippen molar-refractivity contribution < 1.29 is 9.53 Å². The highest BCUT2D eigenvalue weighted by Crippen LogP contribution is 2.25. The largest absolute Gasteiger partial charge is 0.376 e. The van der Waals surface area contributed by atoms with E-state index in [2.05, 4.69) is 10.6 Å². The first-order valence-corrected chi connectivity index (χ1v) is 7.43. The van der Waals surface area contributed by atoms with Crippen molar-refractivity contribution in [2.45, 2.75) is 31.9 Å². The minimum Gasteiger partial charge on any atom is -0.376 e. The number of benzene rings is 1. The maximum atomic E-state index is 11.8. The molecule has 1 saturated heterocycles. The third-order valence-corrected chi connectivity index (χ3v) is 3.85. The third kappa shape index (κ3) is 4.27. The second kappa shape index (κ2) is 7.16. The molecule has 1 aliphatic rings. The lowest BCUT2D eigenvalue weighted by Crippen LogP contribution is -2.40. The van der Waals surface area contributed by atoms with Crippen LogP contribution in [0.1, 0.15) is 31.4 Å². The van der Waals surface area contributed by atoms with E-state index in [0.717, 1.165) is 25.0 Å². The molecule has 2 amide bonds. The maximum Gasteiger partial charge on any atom is 0.315 e. The summed E-state index contributed by atoms with van der Waals surface area (Å²) < 4.78 is 5.45. The van der Waals surface area contributed by atoms with E-state index in [1.807, 2.05) is 13.0 Å². The molecule has 0 aliphatic carbocycles.